The minimum atomic E-state index is -0.301. The largest absolute Gasteiger partial charge is 0.387 e. The molecular formula is C17H25NO. The van der Waals surface area contributed by atoms with Gasteiger partial charge in [0.25, 0.3) is 0 Å². The van der Waals surface area contributed by atoms with Crippen LogP contribution in [0.3, 0.4) is 0 Å². The van der Waals surface area contributed by atoms with Gasteiger partial charge in [0.1, 0.15) is 0 Å². The zero-order valence-electron chi connectivity index (χ0n) is 11.9. The van der Waals surface area contributed by atoms with E-state index in [0.29, 0.717) is 6.04 Å². The van der Waals surface area contributed by atoms with Crippen molar-refractivity contribution in [3.63, 3.8) is 0 Å². The predicted molar refractivity (Wildman–Crippen MR) is 78.1 cm³/mol. The van der Waals surface area contributed by atoms with Crippen molar-refractivity contribution in [1.29, 1.82) is 0 Å². The number of aliphatic hydroxyl groups excluding tert-OH is 1. The van der Waals surface area contributed by atoms with Crippen molar-refractivity contribution in [2.24, 2.45) is 0 Å². The summed E-state index contributed by atoms with van der Waals surface area (Å²) in [7, 11) is 2.22. The Balaban J connectivity index is 1.73. The molecule has 0 heterocycles. The topological polar surface area (TPSA) is 23.5 Å². The second-order valence-corrected chi connectivity index (χ2v) is 6.23. The summed E-state index contributed by atoms with van der Waals surface area (Å²) in [6.45, 7) is 0. The molecule has 1 aromatic carbocycles. The van der Waals surface area contributed by atoms with E-state index in [1.54, 1.807) is 0 Å². The van der Waals surface area contributed by atoms with Crippen LogP contribution in [-0.2, 0) is 6.42 Å². The third-order valence-corrected chi connectivity index (χ3v) is 5.09. The number of nitrogens with zero attached hydrogens (tertiary/aromatic N) is 1. The summed E-state index contributed by atoms with van der Waals surface area (Å²) in [6.07, 6.45) is 8.78. The highest BCUT2D eigenvalue weighted by Gasteiger charge is 2.35. The maximum Gasteiger partial charge on any atom is 0.0951 e. The molecule has 1 fully saturated rings. The van der Waals surface area contributed by atoms with E-state index in [4.69, 9.17) is 0 Å². The maximum atomic E-state index is 10.6. The van der Waals surface area contributed by atoms with Gasteiger partial charge in [0.05, 0.1) is 6.10 Å². The van der Waals surface area contributed by atoms with Gasteiger partial charge in [-0.05, 0) is 37.4 Å². The van der Waals surface area contributed by atoms with E-state index in [1.807, 2.05) is 6.07 Å². The number of hydrogen-bond acceptors (Lipinski definition) is 2. The second-order valence-electron chi connectivity index (χ2n) is 6.23. The molecule has 1 aromatic rings. The van der Waals surface area contributed by atoms with E-state index in [0.717, 1.165) is 12.0 Å². The smallest absolute Gasteiger partial charge is 0.0951 e. The molecule has 2 heteroatoms. The molecule has 2 aliphatic rings. The third-order valence-electron chi connectivity index (χ3n) is 5.09. The van der Waals surface area contributed by atoms with Crippen molar-refractivity contribution < 1.29 is 5.11 Å². The van der Waals surface area contributed by atoms with Crippen molar-refractivity contribution in [2.45, 2.75) is 63.1 Å². The lowest BCUT2D eigenvalue weighted by molar-refractivity contribution is 0.0471. The molecule has 0 bridgehead atoms. The lowest BCUT2D eigenvalue weighted by Gasteiger charge is -2.34. The highest BCUT2D eigenvalue weighted by molar-refractivity contribution is 5.35. The van der Waals surface area contributed by atoms with Gasteiger partial charge in [0, 0.05) is 12.1 Å². The zero-order chi connectivity index (χ0) is 13.2. The SMILES string of the molecule is CN(C1CCCCCC1)C1Cc2ccccc2C1O. The molecule has 1 saturated carbocycles. The Labute approximate surface area is 116 Å². The lowest BCUT2D eigenvalue weighted by atomic mass is 10.0. The van der Waals surface area contributed by atoms with Gasteiger partial charge >= 0.3 is 0 Å². The average Bonchev–Trinajstić information content (AvgIpc) is 2.64. The summed E-state index contributed by atoms with van der Waals surface area (Å²) < 4.78 is 0. The van der Waals surface area contributed by atoms with Crippen LogP contribution in [0, 0.1) is 0 Å². The average molecular weight is 259 g/mol. The number of benzene rings is 1. The Bertz CT molecular complexity index is 423. The monoisotopic (exact) mass is 259 g/mol. The number of hydrogen-bond donors (Lipinski definition) is 1. The fourth-order valence-electron chi connectivity index (χ4n) is 3.86. The minimum Gasteiger partial charge on any atom is -0.387 e. The standard InChI is InChI=1S/C17H25NO/c1-18(14-9-4-2-3-5-10-14)16-12-13-8-6-7-11-15(13)17(16)19/h6-8,11,14,16-17,19H,2-5,9-10,12H2,1H3. The highest BCUT2D eigenvalue weighted by atomic mass is 16.3. The number of aliphatic hydroxyl groups is 1. The van der Waals surface area contributed by atoms with Gasteiger partial charge in [0.2, 0.25) is 0 Å². The lowest BCUT2D eigenvalue weighted by Crippen LogP contribution is -2.42. The quantitative estimate of drug-likeness (QED) is 0.824. The molecule has 0 radical (unpaired) electrons. The predicted octanol–water partition coefficient (Wildman–Crippen LogP) is 3.30. The normalized spacial score (nSPS) is 28.4. The van der Waals surface area contributed by atoms with Crippen LogP contribution >= 0.6 is 0 Å². The van der Waals surface area contributed by atoms with Crippen LogP contribution in [0.4, 0.5) is 0 Å². The van der Waals surface area contributed by atoms with E-state index in [-0.39, 0.29) is 12.1 Å². The van der Waals surface area contributed by atoms with Gasteiger partial charge in [0.15, 0.2) is 0 Å². The van der Waals surface area contributed by atoms with Crippen LogP contribution in [-0.4, -0.2) is 29.1 Å². The molecule has 0 aromatic heterocycles. The van der Waals surface area contributed by atoms with E-state index in [2.05, 4.69) is 30.1 Å². The molecule has 2 atom stereocenters. The van der Waals surface area contributed by atoms with Gasteiger partial charge in [-0.15, -0.1) is 0 Å². The molecule has 2 aliphatic carbocycles. The molecule has 0 saturated heterocycles. The second kappa shape index (κ2) is 5.64. The number of rotatable bonds is 2. The van der Waals surface area contributed by atoms with Gasteiger partial charge in [-0.1, -0.05) is 49.9 Å². The molecule has 104 valence electrons. The molecular weight excluding hydrogens is 234 g/mol. The molecule has 2 nitrogen and oxygen atoms in total. The van der Waals surface area contributed by atoms with Crippen LogP contribution in [0.2, 0.25) is 0 Å². The summed E-state index contributed by atoms with van der Waals surface area (Å²) in [5.74, 6) is 0. The molecule has 2 unspecified atom stereocenters. The summed E-state index contributed by atoms with van der Waals surface area (Å²) in [4.78, 5) is 2.47. The summed E-state index contributed by atoms with van der Waals surface area (Å²) in [6, 6.07) is 9.31. The molecule has 1 N–H and O–H groups in total. The fraction of sp³-hybridized carbons (Fsp3) is 0.647. The minimum absolute atomic E-state index is 0.278. The zero-order valence-corrected chi connectivity index (χ0v) is 11.9. The van der Waals surface area contributed by atoms with Crippen LogP contribution in [0.25, 0.3) is 0 Å². The number of likely N-dealkylation sites (N-methyl/N-ethyl adjacent to an activating group) is 1. The van der Waals surface area contributed by atoms with Crippen LogP contribution in [0.5, 0.6) is 0 Å². The Hall–Kier alpha value is -0.860. The van der Waals surface area contributed by atoms with E-state index in [9.17, 15) is 5.11 Å². The van der Waals surface area contributed by atoms with Gasteiger partial charge in [-0.25, -0.2) is 0 Å². The van der Waals surface area contributed by atoms with E-state index >= 15 is 0 Å². The van der Waals surface area contributed by atoms with Crippen molar-refractivity contribution in [3.8, 4) is 0 Å². The third kappa shape index (κ3) is 2.56. The summed E-state index contributed by atoms with van der Waals surface area (Å²) in [5, 5.41) is 10.6. The first-order valence-corrected chi connectivity index (χ1v) is 7.75. The van der Waals surface area contributed by atoms with Crippen LogP contribution in [0.15, 0.2) is 24.3 Å². The van der Waals surface area contributed by atoms with Gasteiger partial charge < -0.3 is 5.11 Å². The molecule has 0 amide bonds. The Morgan fingerprint density at radius 3 is 2.42 bits per heavy atom. The van der Waals surface area contributed by atoms with E-state index < -0.39 is 0 Å². The molecule has 0 spiro atoms. The fourth-order valence-corrected chi connectivity index (χ4v) is 3.86. The van der Waals surface area contributed by atoms with Crippen molar-refractivity contribution in [1.82, 2.24) is 4.90 Å². The summed E-state index contributed by atoms with van der Waals surface area (Å²) >= 11 is 0. The van der Waals surface area contributed by atoms with Crippen LogP contribution < -0.4 is 0 Å². The summed E-state index contributed by atoms with van der Waals surface area (Å²) in [5.41, 5.74) is 2.48. The van der Waals surface area contributed by atoms with Gasteiger partial charge in [-0.2, -0.15) is 0 Å². The Morgan fingerprint density at radius 2 is 1.74 bits per heavy atom. The van der Waals surface area contributed by atoms with Crippen molar-refractivity contribution >= 4 is 0 Å². The first-order valence-electron chi connectivity index (χ1n) is 7.75. The molecule has 19 heavy (non-hydrogen) atoms. The van der Waals surface area contributed by atoms with Gasteiger partial charge in [-0.3, -0.25) is 4.90 Å². The van der Waals surface area contributed by atoms with Crippen LogP contribution in [0.1, 0.15) is 55.8 Å². The van der Waals surface area contributed by atoms with E-state index in [1.165, 1.54) is 44.1 Å². The van der Waals surface area contributed by atoms with Crippen molar-refractivity contribution in [3.05, 3.63) is 35.4 Å². The van der Waals surface area contributed by atoms with Crippen molar-refractivity contribution in [2.75, 3.05) is 7.05 Å². The number of fused-ring (bicyclic) bond motifs is 1. The first-order chi connectivity index (χ1) is 9.27. The maximum absolute atomic E-state index is 10.6. The molecule has 3 rings (SSSR count). The Morgan fingerprint density at radius 1 is 1.05 bits per heavy atom. The molecule has 0 aliphatic heterocycles. The highest BCUT2D eigenvalue weighted by Crippen LogP contribution is 2.36. The Kier molecular flexibility index (Phi) is 3.90. The first kappa shape index (κ1) is 13.1.